The second-order valence-electron chi connectivity index (χ2n) is 7.15. The Hall–Kier alpha value is -2.47. The third-order valence-corrected chi connectivity index (χ3v) is 5.39. The van der Waals surface area contributed by atoms with E-state index in [1.807, 2.05) is 50.3 Å². The van der Waals surface area contributed by atoms with Crippen molar-refractivity contribution in [1.29, 1.82) is 0 Å². The first kappa shape index (κ1) is 17.0. The SMILES string of the molecule is CC1=CC(C)=[N+]2C1=C(c1ccccc1CO)c1c(C)cc(C)n1[B-]2(F)F. The summed E-state index contributed by atoms with van der Waals surface area (Å²) in [6.07, 6.45) is 1.81. The van der Waals surface area contributed by atoms with Gasteiger partial charge in [-0.05, 0) is 49.2 Å². The average molecular weight is 354 g/mol. The van der Waals surface area contributed by atoms with Crippen molar-refractivity contribution in [1.82, 2.24) is 4.48 Å². The predicted molar refractivity (Wildman–Crippen MR) is 100 cm³/mol. The molecule has 0 aliphatic carbocycles. The number of rotatable bonds is 2. The Balaban J connectivity index is 2.20. The Labute approximate surface area is 151 Å². The van der Waals surface area contributed by atoms with Gasteiger partial charge in [0.05, 0.1) is 12.2 Å². The van der Waals surface area contributed by atoms with Crippen molar-refractivity contribution in [2.24, 2.45) is 0 Å². The van der Waals surface area contributed by atoms with E-state index in [1.54, 1.807) is 13.8 Å². The minimum Gasteiger partial charge on any atom is -0.393 e. The van der Waals surface area contributed by atoms with Crippen molar-refractivity contribution in [2.45, 2.75) is 34.3 Å². The molecule has 0 fully saturated rings. The molecule has 2 aliphatic heterocycles. The van der Waals surface area contributed by atoms with Crippen LogP contribution in [0.5, 0.6) is 0 Å². The number of fused-ring (bicyclic) bond motifs is 2. The maximum atomic E-state index is 15.5. The van der Waals surface area contributed by atoms with E-state index < -0.39 is 6.97 Å². The molecule has 0 radical (unpaired) electrons. The summed E-state index contributed by atoms with van der Waals surface area (Å²) in [5.74, 6) is 0. The van der Waals surface area contributed by atoms with E-state index in [0.29, 0.717) is 22.8 Å². The molecule has 0 bridgehead atoms. The van der Waals surface area contributed by atoms with Gasteiger partial charge in [-0.1, -0.05) is 24.3 Å². The lowest BCUT2D eigenvalue weighted by Gasteiger charge is -2.34. The van der Waals surface area contributed by atoms with Gasteiger partial charge in [-0.3, -0.25) is 0 Å². The van der Waals surface area contributed by atoms with Gasteiger partial charge in [0.1, 0.15) is 5.71 Å². The molecule has 0 atom stereocenters. The fraction of sp³-hybridized carbons (Fsp3) is 0.250. The summed E-state index contributed by atoms with van der Waals surface area (Å²) in [5.41, 5.74) is 6.09. The maximum Gasteiger partial charge on any atom is 0.737 e. The zero-order chi connectivity index (χ0) is 18.8. The Morgan fingerprint density at radius 3 is 2.50 bits per heavy atom. The number of hydrogen-bond acceptors (Lipinski definition) is 1. The first-order valence-corrected chi connectivity index (χ1v) is 8.75. The fourth-order valence-electron chi connectivity index (χ4n) is 4.46. The number of aliphatic hydroxyl groups is 1. The summed E-state index contributed by atoms with van der Waals surface area (Å²) in [4.78, 5) is 0. The molecule has 0 saturated heterocycles. The largest absolute Gasteiger partial charge is 0.737 e. The van der Waals surface area contributed by atoms with Crippen molar-refractivity contribution in [3.05, 3.63) is 75.8 Å². The summed E-state index contributed by atoms with van der Waals surface area (Å²) < 4.78 is 33.4. The summed E-state index contributed by atoms with van der Waals surface area (Å²) in [6, 6.07) is 9.28. The van der Waals surface area contributed by atoms with Crippen LogP contribution in [-0.2, 0) is 6.61 Å². The normalized spacial score (nSPS) is 18.2. The van der Waals surface area contributed by atoms with E-state index in [2.05, 4.69) is 0 Å². The molecule has 3 heterocycles. The molecule has 0 unspecified atom stereocenters. The van der Waals surface area contributed by atoms with Crippen molar-refractivity contribution in [2.75, 3.05) is 0 Å². The summed E-state index contributed by atoms with van der Waals surface area (Å²) in [6.45, 7) is 3.07. The molecule has 0 saturated carbocycles. The molecule has 1 aromatic carbocycles. The lowest BCUT2D eigenvalue weighted by molar-refractivity contribution is -0.363. The Morgan fingerprint density at radius 2 is 1.81 bits per heavy atom. The lowest BCUT2D eigenvalue weighted by Crippen LogP contribution is -2.51. The van der Waals surface area contributed by atoms with Crippen molar-refractivity contribution >= 4 is 18.3 Å². The van der Waals surface area contributed by atoms with Gasteiger partial charge in [0, 0.05) is 24.3 Å². The Kier molecular flexibility index (Phi) is 3.60. The van der Waals surface area contributed by atoms with Gasteiger partial charge >= 0.3 is 6.97 Å². The lowest BCUT2D eigenvalue weighted by atomic mass is 9.83. The predicted octanol–water partition coefficient (Wildman–Crippen LogP) is 4.03. The first-order chi connectivity index (χ1) is 12.3. The van der Waals surface area contributed by atoms with Crippen LogP contribution in [0.15, 0.2) is 47.7 Å². The molecule has 1 N–H and O–H groups in total. The highest BCUT2D eigenvalue weighted by Gasteiger charge is 2.55. The number of nitrogens with zero attached hydrogens (tertiary/aromatic N) is 2. The van der Waals surface area contributed by atoms with Crippen LogP contribution in [0.4, 0.5) is 8.63 Å². The third kappa shape index (κ3) is 2.05. The van der Waals surface area contributed by atoms with Crippen LogP contribution in [-0.4, -0.2) is 26.8 Å². The van der Waals surface area contributed by atoms with Gasteiger partial charge in [-0.15, -0.1) is 0 Å². The van der Waals surface area contributed by atoms with E-state index >= 15 is 8.63 Å². The average Bonchev–Trinajstić information content (AvgIpc) is 3.05. The van der Waals surface area contributed by atoms with Crippen LogP contribution in [0.3, 0.4) is 0 Å². The summed E-state index contributed by atoms with van der Waals surface area (Å²) in [5, 5.41) is 9.83. The molecule has 0 spiro atoms. The molecule has 0 amide bonds. The highest BCUT2D eigenvalue weighted by molar-refractivity contribution is 6.58. The monoisotopic (exact) mass is 354 g/mol. The quantitative estimate of drug-likeness (QED) is 0.811. The highest BCUT2D eigenvalue weighted by atomic mass is 19.2. The van der Waals surface area contributed by atoms with E-state index in [0.717, 1.165) is 27.8 Å². The van der Waals surface area contributed by atoms with Gasteiger partial charge in [-0.25, -0.2) is 0 Å². The smallest absolute Gasteiger partial charge is 0.393 e. The highest BCUT2D eigenvalue weighted by Crippen LogP contribution is 2.44. The number of aliphatic hydroxyl groups excluding tert-OH is 1. The standard InChI is InChI=1S/C20H21BF2N2O/c1-12-9-14(3)24-19(12)18(17-8-6-5-7-16(17)11-26)20-13(2)10-15(4)25(20)21(24,22)23/h5-10,26H,11H2,1-4H3. The molecule has 6 heteroatoms. The van der Waals surface area contributed by atoms with E-state index in [1.165, 1.54) is 8.96 Å². The van der Waals surface area contributed by atoms with Crippen molar-refractivity contribution < 1.29 is 18.2 Å². The van der Waals surface area contributed by atoms with Crippen molar-refractivity contribution in [3.63, 3.8) is 0 Å². The zero-order valence-corrected chi connectivity index (χ0v) is 15.3. The maximum absolute atomic E-state index is 15.5. The number of halogens is 2. The molecule has 26 heavy (non-hydrogen) atoms. The summed E-state index contributed by atoms with van der Waals surface area (Å²) >= 11 is 0. The van der Waals surface area contributed by atoms with Crippen LogP contribution >= 0.6 is 0 Å². The third-order valence-electron chi connectivity index (χ3n) is 5.39. The Bertz CT molecular complexity index is 1040. The first-order valence-electron chi connectivity index (χ1n) is 8.75. The number of aromatic nitrogens is 1. The van der Waals surface area contributed by atoms with Crippen LogP contribution in [0, 0.1) is 13.8 Å². The van der Waals surface area contributed by atoms with Crippen molar-refractivity contribution in [3.8, 4) is 0 Å². The molecular weight excluding hydrogens is 333 g/mol. The van der Waals surface area contributed by atoms with Gasteiger partial charge in [-0.2, -0.15) is 0 Å². The van der Waals surface area contributed by atoms with Crippen LogP contribution in [0.1, 0.15) is 41.9 Å². The van der Waals surface area contributed by atoms with E-state index in [4.69, 9.17) is 0 Å². The van der Waals surface area contributed by atoms with Gasteiger partial charge in [0.2, 0.25) is 0 Å². The number of allylic oxidation sites excluding steroid dienone is 2. The molecule has 134 valence electrons. The molecule has 3 nitrogen and oxygen atoms in total. The molecule has 4 rings (SSSR count). The summed E-state index contributed by atoms with van der Waals surface area (Å²) in [7, 11) is 0. The minimum absolute atomic E-state index is 0.140. The van der Waals surface area contributed by atoms with Gasteiger partial charge < -0.3 is 22.7 Å². The number of hydrogen-bond donors (Lipinski definition) is 1. The Morgan fingerprint density at radius 1 is 1.12 bits per heavy atom. The number of aryl methyl sites for hydroxylation is 2. The van der Waals surface area contributed by atoms with Crippen LogP contribution in [0.2, 0.25) is 0 Å². The molecular formula is C20H21BF2N2O. The van der Waals surface area contributed by atoms with Crippen LogP contribution < -0.4 is 0 Å². The second-order valence-corrected chi connectivity index (χ2v) is 7.15. The second kappa shape index (κ2) is 5.51. The fourth-order valence-corrected chi connectivity index (χ4v) is 4.46. The van der Waals surface area contributed by atoms with E-state index in [-0.39, 0.29) is 6.61 Å². The minimum atomic E-state index is -3.97. The van der Waals surface area contributed by atoms with Gasteiger partial charge in [0.15, 0.2) is 5.70 Å². The molecule has 1 aromatic heterocycles. The topological polar surface area (TPSA) is 28.2 Å². The molecule has 2 aromatic rings. The van der Waals surface area contributed by atoms with Gasteiger partial charge in [0.25, 0.3) is 0 Å². The number of benzene rings is 1. The molecule has 2 aliphatic rings. The zero-order valence-electron chi connectivity index (χ0n) is 15.3. The van der Waals surface area contributed by atoms with Crippen LogP contribution in [0.25, 0.3) is 5.57 Å². The van der Waals surface area contributed by atoms with E-state index in [9.17, 15) is 5.11 Å².